The fourth-order valence-corrected chi connectivity index (χ4v) is 2.02. The second kappa shape index (κ2) is 10.4. The molecule has 0 heterocycles. The minimum Gasteiger partial charge on any atom is -0.493 e. The Morgan fingerprint density at radius 2 is 2.12 bits per heavy atom. The molecule has 0 bridgehead atoms. The molecule has 0 saturated heterocycles. The van der Waals surface area contributed by atoms with Crippen molar-refractivity contribution in [3.05, 3.63) is 23.8 Å². The van der Waals surface area contributed by atoms with E-state index in [1.165, 1.54) is 7.11 Å². The Hall–Kier alpha value is -2.35. The summed E-state index contributed by atoms with van der Waals surface area (Å²) in [6.07, 6.45) is 1.62. The Morgan fingerprint density at radius 3 is 2.75 bits per heavy atom. The van der Waals surface area contributed by atoms with Crippen LogP contribution in [0.5, 0.6) is 11.5 Å². The van der Waals surface area contributed by atoms with Gasteiger partial charge in [0, 0.05) is 12.6 Å². The minimum absolute atomic E-state index is 0.0612. The highest BCUT2D eigenvalue weighted by Crippen LogP contribution is 2.27. The molecule has 8 heteroatoms. The normalized spacial score (nSPS) is 10.5. The molecule has 0 unspecified atom stereocenters. The van der Waals surface area contributed by atoms with E-state index in [4.69, 9.17) is 21.7 Å². The lowest BCUT2D eigenvalue weighted by molar-refractivity contribution is -0.123. The van der Waals surface area contributed by atoms with E-state index in [0.717, 1.165) is 5.56 Å². The summed E-state index contributed by atoms with van der Waals surface area (Å²) >= 11 is 5.08. The van der Waals surface area contributed by atoms with Crippen LogP contribution < -0.4 is 25.5 Å². The Balaban J connectivity index is 2.65. The summed E-state index contributed by atoms with van der Waals surface area (Å²) < 4.78 is 10.7. The lowest BCUT2D eigenvalue weighted by Gasteiger charge is -2.11. The topological polar surface area (TPSA) is 84.0 Å². The van der Waals surface area contributed by atoms with Gasteiger partial charge in [0.15, 0.2) is 23.2 Å². The summed E-state index contributed by atoms with van der Waals surface area (Å²) in [4.78, 5) is 11.4. The van der Waals surface area contributed by atoms with Gasteiger partial charge in [-0.3, -0.25) is 10.2 Å². The lowest BCUT2D eigenvalue weighted by Crippen LogP contribution is -2.36. The van der Waals surface area contributed by atoms with Crippen molar-refractivity contribution in [3.63, 3.8) is 0 Å². The quantitative estimate of drug-likeness (QED) is 0.373. The Kier molecular flexibility index (Phi) is 8.56. The SMILES string of the molecule is CCNC(=O)COc1ccc(/C=N/NC(=S)NC(C)C)cc1OC. The number of benzene rings is 1. The van der Waals surface area contributed by atoms with Crippen molar-refractivity contribution in [2.24, 2.45) is 5.10 Å². The molecule has 0 saturated carbocycles. The van der Waals surface area contributed by atoms with Crippen molar-refractivity contribution in [1.29, 1.82) is 0 Å². The molecule has 24 heavy (non-hydrogen) atoms. The van der Waals surface area contributed by atoms with Crippen molar-refractivity contribution in [2.75, 3.05) is 20.3 Å². The summed E-state index contributed by atoms with van der Waals surface area (Å²) in [6, 6.07) is 5.53. The van der Waals surface area contributed by atoms with Gasteiger partial charge in [0.25, 0.3) is 5.91 Å². The van der Waals surface area contributed by atoms with Crippen LogP contribution in [0.4, 0.5) is 0 Å². The first kappa shape index (κ1) is 19.7. The van der Waals surface area contributed by atoms with Crippen molar-refractivity contribution in [3.8, 4) is 11.5 Å². The molecule has 7 nitrogen and oxygen atoms in total. The molecular weight excluding hydrogens is 328 g/mol. The van der Waals surface area contributed by atoms with Crippen LogP contribution in [0.1, 0.15) is 26.3 Å². The maximum Gasteiger partial charge on any atom is 0.257 e. The molecule has 0 aliphatic rings. The Morgan fingerprint density at radius 1 is 1.38 bits per heavy atom. The van der Waals surface area contributed by atoms with Gasteiger partial charge in [-0.05, 0) is 56.8 Å². The number of amides is 1. The summed E-state index contributed by atoms with van der Waals surface area (Å²) in [5.74, 6) is 0.831. The Bertz CT molecular complexity index is 591. The number of methoxy groups -OCH3 is 1. The monoisotopic (exact) mass is 352 g/mol. The van der Waals surface area contributed by atoms with E-state index in [9.17, 15) is 4.79 Å². The molecule has 3 N–H and O–H groups in total. The fourth-order valence-electron chi connectivity index (χ4n) is 1.74. The zero-order valence-corrected chi connectivity index (χ0v) is 15.2. The molecule has 0 fully saturated rings. The summed E-state index contributed by atoms with van der Waals surface area (Å²) in [6.45, 7) is 6.33. The van der Waals surface area contributed by atoms with Crippen molar-refractivity contribution < 1.29 is 14.3 Å². The number of rotatable bonds is 8. The number of carbonyl (C=O) groups is 1. The van der Waals surface area contributed by atoms with Crippen LogP contribution in [-0.2, 0) is 4.79 Å². The predicted octanol–water partition coefficient (Wildman–Crippen LogP) is 1.42. The van der Waals surface area contributed by atoms with E-state index >= 15 is 0 Å². The third-order valence-electron chi connectivity index (χ3n) is 2.72. The van der Waals surface area contributed by atoms with Gasteiger partial charge < -0.3 is 20.1 Å². The van der Waals surface area contributed by atoms with Gasteiger partial charge in [0.1, 0.15) is 0 Å². The molecular formula is C16H24N4O3S. The Labute approximate surface area is 147 Å². The number of hydrogen-bond acceptors (Lipinski definition) is 5. The van der Waals surface area contributed by atoms with Gasteiger partial charge in [-0.1, -0.05) is 0 Å². The van der Waals surface area contributed by atoms with Crippen LogP contribution in [0.3, 0.4) is 0 Å². The van der Waals surface area contributed by atoms with Crippen LogP contribution in [0.25, 0.3) is 0 Å². The van der Waals surface area contributed by atoms with E-state index in [0.29, 0.717) is 23.2 Å². The van der Waals surface area contributed by atoms with Crippen LogP contribution in [0, 0.1) is 0 Å². The molecule has 0 spiro atoms. The maximum absolute atomic E-state index is 11.4. The molecule has 132 valence electrons. The highest BCUT2D eigenvalue weighted by atomic mass is 32.1. The third-order valence-corrected chi connectivity index (χ3v) is 2.93. The number of thiocarbonyl (C=S) groups is 1. The van der Waals surface area contributed by atoms with E-state index < -0.39 is 0 Å². The van der Waals surface area contributed by atoms with Crippen LogP contribution in [0.2, 0.25) is 0 Å². The number of nitrogens with one attached hydrogen (secondary N) is 3. The average molecular weight is 352 g/mol. The number of nitrogens with zero attached hydrogens (tertiary/aromatic N) is 1. The van der Waals surface area contributed by atoms with Crippen molar-refractivity contribution in [2.45, 2.75) is 26.8 Å². The van der Waals surface area contributed by atoms with Crippen molar-refractivity contribution >= 4 is 29.5 Å². The maximum atomic E-state index is 11.4. The van der Waals surface area contributed by atoms with Gasteiger partial charge in [-0.2, -0.15) is 5.10 Å². The molecule has 0 aliphatic heterocycles. The van der Waals surface area contributed by atoms with Gasteiger partial charge in [-0.15, -0.1) is 0 Å². The molecule has 1 rings (SSSR count). The average Bonchev–Trinajstić information content (AvgIpc) is 2.53. The number of hydrogen-bond donors (Lipinski definition) is 3. The molecule has 0 radical (unpaired) electrons. The molecule has 1 aromatic rings. The largest absolute Gasteiger partial charge is 0.493 e. The fraction of sp³-hybridized carbons (Fsp3) is 0.438. The van der Waals surface area contributed by atoms with Gasteiger partial charge in [0.05, 0.1) is 13.3 Å². The van der Waals surface area contributed by atoms with Crippen LogP contribution >= 0.6 is 12.2 Å². The summed E-state index contributed by atoms with van der Waals surface area (Å²) in [5.41, 5.74) is 3.54. The molecule has 0 aromatic heterocycles. The first-order chi connectivity index (χ1) is 11.5. The third kappa shape index (κ3) is 7.28. The first-order valence-electron chi connectivity index (χ1n) is 7.63. The van der Waals surface area contributed by atoms with Crippen LogP contribution in [-0.4, -0.2) is 43.5 Å². The standard InChI is InChI=1S/C16H24N4O3S/c1-5-17-15(21)10-23-13-7-6-12(8-14(13)22-4)9-18-20-16(24)19-11(2)3/h6-9,11H,5,10H2,1-4H3,(H,17,21)(H2,19,20,24)/b18-9+. The van der Waals surface area contributed by atoms with E-state index in [2.05, 4.69) is 21.2 Å². The van der Waals surface area contributed by atoms with Crippen LogP contribution in [0.15, 0.2) is 23.3 Å². The highest BCUT2D eigenvalue weighted by Gasteiger charge is 2.07. The first-order valence-corrected chi connectivity index (χ1v) is 8.04. The molecule has 1 aromatic carbocycles. The zero-order valence-electron chi connectivity index (χ0n) is 14.4. The van der Waals surface area contributed by atoms with Gasteiger partial charge >= 0.3 is 0 Å². The van der Waals surface area contributed by atoms with E-state index in [1.54, 1.807) is 24.4 Å². The summed E-state index contributed by atoms with van der Waals surface area (Å²) in [7, 11) is 1.54. The minimum atomic E-state index is -0.180. The van der Waals surface area contributed by atoms with Crippen molar-refractivity contribution in [1.82, 2.24) is 16.1 Å². The van der Waals surface area contributed by atoms with Gasteiger partial charge in [0.2, 0.25) is 0 Å². The molecule has 0 aliphatic carbocycles. The van der Waals surface area contributed by atoms with E-state index in [1.807, 2.05) is 20.8 Å². The second-order valence-corrected chi connectivity index (χ2v) is 5.56. The number of ether oxygens (including phenoxy) is 2. The van der Waals surface area contributed by atoms with Gasteiger partial charge in [-0.25, -0.2) is 0 Å². The number of carbonyl (C=O) groups excluding carboxylic acids is 1. The number of likely N-dealkylation sites (N-methyl/N-ethyl adjacent to an activating group) is 1. The molecule has 0 atom stereocenters. The molecule has 1 amide bonds. The highest BCUT2D eigenvalue weighted by molar-refractivity contribution is 7.80. The predicted molar refractivity (Wildman–Crippen MR) is 98.8 cm³/mol. The lowest BCUT2D eigenvalue weighted by atomic mass is 10.2. The zero-order chi connectivity index (χ0) is 17.9. The number of hydrazone groups is 1. The second-order valence-electron chi connectivity index (χ2n) is 5.15. The van der Waals surface area contributed by atoms with E-state index in [-0.39, 0.29) is 18.6 Å². The smallest absolute Gasteiger partial charge is 0.257 e. The summed E-state index contributed by atoms with van der Waals surface area (Å²) in [5, 5.41) is 10.2.